The first-order valence-corrected chi connectivity index (χ1v) is 17.0. The topological polar surface area (TPSA) is 161 Å². The molecule has 278 valence electrons. The molecule has 2 aliphatic rings. The van der Waals surface area contributed by atoms with E-state index in [0.29, 0.717) is 41.3 Å². The zero-order valence-corrected chi connectivity index (χ0v) is 30.5. The summed E-state index contributed by atoms with van der Waals surface area (Å²) in [6.07, 6.45) is 3.03. The number of pyridine rings is 1. The van der Waals surface area contributed by atoms with E-state index in [0.717, 1.165) is 12.8 Å². The van der Waals surface area contributed by atoms with Crippen molar-refractivity contribution in [2.75, 3.05) is 46.3 Å². The number of halogens is 1. The lowest BCUT2D eigenvalue weighted by Gasteiger charge is -2.35. The molecule has 51 heavy (non-hydrogen) atoms. The van der Waals surface area contributed by atoms with Crippen LogP contribution in [0.1, 0.15) is 52.0 Å². The number of methoxy groups -OCH3 is 3. The van der Waals surface area contributed by atoms with Crippen molar-refractivity contribution in [2.45, 2.75) is 70.9 Å². The van der Waals surface area contributed by atoms with Crippen LogP contribution in [0.15, 0.2) is 47.9 Å². The molecule has 1 saturated heterocycles. The van der Waals surface area contributed by atoms with E-state index < -0.39 is 41.7 Å². The number of nitrogens with zero attached hydrogens (tertiary/aromatic N) is 3. The number of benzene rings is 1. The van der Waals surface area contributed by atoms with Gasteiger partial charge in [0.15, 0.2) is 17.9 Å². The summed E-state index contributed by atoms with van der Waals surface area (Å²) in [5.41, 5.74) is 0.489. The van der Waals surface area contributed by atoms with Gasteiger partial charge in [-0.05, 0) is 64.7 Å². The third kappa shape index (κ3) is 10.0. The summed E-state index contributed by atoms with van der Waals surface area (Å²) in [6, 6.07) is 5.75. The van der Waals surface area contributed by atoms with E-state index in [-0.39, 0.29) is 47.7 Å². The lowest BCUT2D eigenvalue weighted by molar-refractivity contribution is -0.126. The van der Waals surface area contributed by atoms with Gasteiger partial charge >= 0.3 is 12.2 Å². The summed E-state index contributed by atoms with van der Waals surface area (Å²) in [4.78, 5) is 45.4. The lowest BCUT2D eigenvalue weighted by atomic mass is 9.90. The van der Waals surface area contributed by atoms with Crippen molar-refractivity contribution in [3.63, 3.8) is 0 Å². The Morgan fingerprint density at radius 3 is 2.59 bits per heavy atom. The molecule has 3 amide bonds. The number of hydrogen-bond acceptors (Lipinski definition) is 11. The van der Waals surface area contributed by atoms with E-state index in [1.54, 1.807) is 23.4 Å². The van der Waals surface area contributed by atoms with Crippen LogP contribution >= 0.6 is 12.2 Å². The minimum Gasteiger partial charge on any atom is -0.492 e. The van der Waals surface area contributed by atoms with Crippen LogP contribution in [-0.4, -0.2) is 102 Å². The van der Waals surface area contributed by atoms with Crippen LogP contribution < -0.4 is 20.1 Å². The van der Waals surface area contributed by atoms with Crippen LogP contribution in [0.5, 0.6) is 11.5 Å². The van der Waals surface area contributed by atoms with Crippen LogP contribution in [0.2, 0.25) is 0 Å². The highest BCUT2D eigenvalue weighted by atomic mass is 32.1. The Morgan fingerprint density at radius 1 is 1.18 bits per heavy atom. The van der Waals surface area contributed by atoms with Gasteiger partial charge in [0.2, 0.25) is 0 Å². The Bertz CT molecular complexity index is 1610. The van der Waals surface area contributed by atoms with Gasteiger partial charge in [0.05, 0.1) is 30.6 Å². The predicted molar refractivity (Wildman–Crippen MR) is 189 cm³/mol. The number of carbonyl (C=O) groups is 3. The van der Waals surface area contributed by atoms with Gasteiger partial charge in [0, 0.05) is 57.2 Å². The van der Waals surface area contributed by atoms with Crippen LogP contribution in [0.3, 0.4) is 0 Å². The lowest BCUT2D eigenvalue weighted by Crippen LogP contribution is -2.49. The molecule has 0 aliphatic carbocycles. The molecular formula is C35H46FN5O9S. The SMILES string of the molecule is COc1c(F)cccc1NC(=S)C1=C(NCc2ccncc2OC[C@@H]2CCCN2C(=O)OC(C)(C)C)C(CCC(OC)OC)CN(C(=O)O)C1=O. The highest BCUT2D eigenvalue weighted by Crippen LogP contribution is 2.33. The van der Waals surface area contributed by atoms with Crippen LogP contribution in [0, 0.1) is 11.7 Å². The molecule has 2 aromatic rings. The van der Waals surface area contributed by atoms with Crippen LogP contribution in [0.4, 0.5) is 19.7 Å². The molecule has 2 atom stereocenters. The molecule has 16 heteroatoms. The fraction of sp³-hybridized carbons (Fsp3) is 0.514. The zero-order valence-electron chi connectivity index (χ0n) is 29.7. The Balaban J connectivity index is 1.64. The van der Waals surface area contributed by atoms with Gasteiger partial charge in [-0.25, -0.2) is 18.9 Å². The minimum atomic E-state index is -1.44. The summed E-state index contributed by atoms with van der Waals surface area (Å²) >= 11 is 5.71. The van der Waals surface area contributed by atoms with Gasteiger partial charge in [-0.15, -0.1) is 0 Å². The maximum absolute atomic E-state index is 14.6. The quantitative estimate of drug-likeness (QED) is 0.169. The van der Waals surface area contributed by atoms with Gasteiger partial charge in [0.1, 0.15) is 22.9 Å². The smallest absolute Gasteiger partial charge is 0.414 e. The molecule has 2 aliphatic heterocycles. The first kappa shape index (κ1) is 39.2. The maximum atomic E-state index is 14.6. The molecule has 1 fully saturated rings. The zero-order chi connectivity index (χ0) is 37.3. The van der Waals surface area contributed by atoms with Gasteiger partial charge < -0.3 is 44.3 Å². The van der Waals surface area contributed by atoms with Gasteiger partial charge in [-0.2, -0.15) is 0 Å². The summed E-state index contributed by atoms with van der Waals surface area (Å²) < 4.78 is 42.3. The third-order valence-electron chi connectivity index (χ3n) is 8.47. The molecule has 1 aromatic carbocycles. The molecule has 0 bridgehead atoms. The van der Waals surface area contributed by atoms with Crippen molar-refractivity contribution in [1.82, 2.24) is 20.1 Å². The molecular weight excluding hydrogens is 685 g/mol. The van der Waals surface area contributed by atoms with Crippen LogP contribution in [0.25, 0.3) is 0 Å². The molecule has 1 unspecified atom stereocenters. The number of anilines is 1. The van der Waals surface area contributed by atoms with Crippen molar-refractivity contribution in [2.24, 2.45) is 5.92 Å². The largest absolute Gasteiger partial charge is 0.492 e. The van der Waals surface area contributed by atoms with E-state index in [1.165, 1.54) is 39.5 Å². The molecule has 14 nitrogen and oxygen atoms in total. The molecule has 0 saturated carbocycles. The number of ether oxygens (including phenoxy) is 5. The van der Waals surface area contributed by atoms with E-state index in [9.17, 15) is 23.9 Å². The van der Waals surface area contributed by atoms with Crippen molar-refractivity contribution >= 4 is 41.0 Å². The molecule has 0 spiro atoms. The monoisotopic (exact) mass is 731 g/mol. The standard InChI is InChI=1S/C35H46FN5O9S/c1-35(2,3)50-34(45)40-16-8-9-23(40)20-49-26-18-37-15-14-21(26)17-38-29-22(12-13-27(46-4)47-5)19-41(33(43)44)32(42)28(29)31(51)39-25-11-7-10-24(36)30(25)48-6/h7,10-11,14-15,18,22-23,27,38H,8-9,12-13,16-17,19-20H2,1-6H3,(H,39,51)(H,43,44)/t22?,23-/m0/s1. The molecule has 0 radical (unpaired) electrons. The summed E-state index contributed by atoms with van der Waals surface area (Å²) in [7, 11) is 4.29. The van der Waals surface area contributed by atoms with E-state index in [2.05, 4.69) is 15.6 Å². The predicted octanol–water partition coefficient (Wildman–Crippen LogP) is 5.33. The Morgan fingerprint density at radius 2 is 1.92 bits per heavy atom. The second-order valence-corrected chi connectivity index (χ2v) is 13.5. The second-order valence-electron chi connectivity index (χ2n) is 13.1. The minimum absolute atomic E-state index is 0.100. The number of para-hydroxylation sites is 1. The van der Waals surface area contributed by atoms with E-state index in [4.69, 9.17) is 35.9 Å². The fourth-order valence-electron chi connectivity index (χ4n) is 6.00. The molecule has 3 N–H and O–H groups in total. The number of hydrogen-bond donors (Lipinski definition) is 3. The summed E-state index contributed by atoms with van der Waals surface area (Å²) in [6.45, 7) is 6.21. The van der Waals surface area contributed by atoms with Crippen molar-refractivity contribution < 1.29 is 47.6 Å². The van der Waals surface area contributed by atoms with Gasteiger partial charge in [-0.3, -0.25) is 9.78 Å². The number of likely N-dealkylation sites (tertiary alicyclic amines) is 1. The second kappa shape index (κ2) is 17.6. The van der Waals surface area contributed by atoms with Crippen molar-refractivity contribution in [1.29, 1.82) is 0 Å². The average molecular weight is 732 g/mol. The first-order chi connectivity index (χ1) is 24.3. The number of thiocarbonyl (C=S) groups is 1. The van der Waals surface area contributed by atoms with E-state index >= 15 is 0 Å². The average Bonchev–Trinajstić information content (AvgIpc) is 3.56. The normalized spacial score (nSPS) is 17.8. The molecule has 4 rings (SSSR count). The Kier molecular flexibility index (Phi) is 13.5. The number of rotatable bonds is 14. The summed E-state index contributed by atoms with van der Waals surface area (Å²) in [5, 5.41) is 16.3. The Hall–Kier alpha value is -4.54. The molecule has 1 aromatic heterocycles. The highest BCUT2D eigenvalue weighted by Gasteiger charge is 2.39. The number of amides is 3. The van der Waals surface area contributed by atoms with Gasteiger partial charge in [0.25, 0.3) is 5.91 Å². The first-order valence-electron chi connectivity index (χ1n) is 16.6. The van der Waals surface area contributed by atoms with Gasteiger partial charge in [-0.1, -0.05) is 18.3 Å². The number of imide groups is 1. The van der Waals surface area contributed by atoms with E-state index in [1.807, 2.05) is 20.8 Å². The van der Waals surface area contributed by atoms with Crippen molar-refractivity contribution in [3.8, 4) is 11.5 Å². The van der Waals surface area contributed by atoms with Crippen LogP contribution in [-0.2, 0) is 25.5 Å². The third-order valence-corrected chi connectivity index (χ3v) is 8.78. The number of carbonyl (C=O) groups excluding carboxylic acids is 2. The maximum Gasteiger partial charge on any atom is 0.414 e. The number of aromatic nitrogens is 1. The number of carboxylic acid groups (broad SMARTS) is 1. The molecule has 3 heterocycles. The number of nitrogens with one attached hydrogen (secondary N) is 2. The Labute approximate surface area is 302 Å². The fourth-order valence-corrected chi connectivity index (χ4v) is 6.31. The highest BCUT2D eigenvalue weighted by molar-refractivity contribution is 7.81. The van der Waals surface area contributed by atoms with Crippen molar-refractivity contribution in [3.05, 3.63) is 59.3 Å². The summed E-state index contributed by atoms with van der Waals surface area (Å²) in [5.74, 6) is -1.72.